The lowest BCUT2D eigenvalue weighted by Crippen LogP contribution is -2.42. The van der Waals surface area contributed by atoms with Crippen molar-refractivity contribution < 1.29 is 28.3 Å². The SMILES string of the molecule is [2H]C([2H])([2H])[C@@H](CC)C(=O)O[C@H]1C[C@@H](C)C=C2C=C[C@H](C)[C@H](CCC3C[C@@H](O)CC(=O)O3)[C@H]21. The van der Waals surface area contributed by atoms with Crippen LogP contribution < -0.4 is 0 Å². The average molecular weight is 408 g/mol. The summed E-state index contributed by atoms with van der Waals surface area (Å²) in [7, 11) is 0. The molecule has 3 rings (SSSR count). The third kappa shape index (κ3) is 5.30. The van der Waals surface area contributed by atoms with Gasteiger partial charge < -0.3 is 14.6 Å². The van der Waals surface area contributed by atoms with Crippen LogP contribution in [0, 0.1) is 29.6 Å². The van der Waals surface area contributed by atoms with Crippen LogP contribution in [-0.4, -0.2) is 35.4 Å². The molecule has 2 aliphatic carbocycles. The van der Waals surface area contributed by atoms with Gasteiger partial charge in [0.05, 0.1) is 18.4 Å². The fraction of sp³-hybridized carbons (Fsp3) is 0.750. The molecule has 0 radical (unpaired) electrons. The number of fused-ring (bicyclic) bond motifs is 1. The minimum absolute atomic E-state index is 0.0199. The van der Waals surface area contributed by atoms with Crippen molar-refractivity contribution in [3.63, 3.8) is 0 Å². The minimum atomic E-state index is -2.38. The Morgan fingerprint density at radius 3 is 2.86 bits per heavy atom. The van der Waals surface area contributed by atoms with E-state index in [2.05, 4.69) is 32.1 Å². The van der Waals surface area contributed by atoms with Gasteiger partial charge in [0.25, 0.3) is 0 Å². The zero-order valence-corrected chi connectivity index (χ0v) is 17.7. The monoisotopic (exact) mass is 407 g/mol. The van der Waals surface area contributed by atoms with E-state index >= 15 is 0 Å². The van der Waals surface area contributed by atoms with Crippen molar-refractivity contribution >= 4 is 11.9 Å². The van der Waals surface area contributed by atoms with Crippen molar-refractivity contribution in [3.05, 3.63) is 23.8 Å². The molecule has 0 aromatic rings. The van der Waals surface area contributed by atoms with Crippen LogP contribution in [-0.2, 0) is 19.1 Å². The number of carbonyl (C=O) groups is 2. The fourth-order valence-electron chi connectivity index (χ4n) is 5.04. The van der Waals surface area contributed by atoms with Gasteiger partial charge >= 0.3 is 11.9 Å². The summed E-state index contributed by atoms with van der Waals surface area (Å²) in [5.41, 5.74) is 1.13. The van der Waals surface area contributed by atoms with E-state index < -0.39 is 24.8 Å². The standard InChI is InChI=1S/C24H36O5/c1-5-15(3)24(27)29-21-11-14(2)10-17-7-6-16(4)20(23(17)21)9-8-19-12-18(25)13-22(26)28-19/h6-7,10,14-16,18-21,23,25H,5,8-9,11-13H2,1-4H3/t14-,15-,16-,18+,19?,20-,21-,23-/m0/s1/i3D3. The topological polar surface area (TPSA) is 72.8 Å². The van der Waals surface area contributed by atoms with Gasteiger partial charge in [0.2, 0.25) is 0 Å². The molecule has 0 spiro atoms. The molecule has 0 saturated carbocycles. The van der Waals surface area contributed by atoms with E-state index in [-0.39, 0.29) is 54.7 Å². The summed E-state index contributed by atoms with van der Waals surface area (Å²) in [6.45, 7) is 3.53. The molecule has 8 atom stereocenters. The molecule has 162 valence electrons. The first-order valence-electron chi connectivity index (χ1n) is 12.5. The zero-order chi connectivity index (χ0) is 23.6. The van der Waals surface area contributed by atoms with Crippen LogP contribution in [0.3, 0.4) is 0 Å². The first-order chi connectivity index (χ1) is 15.0. The van der Waals surface area contributed by atoms with Crippen molar-refractivity contribution in [2.75, 3.05) is 0 Å². The molecule has 29 heavy (non-hydrogen) atoms. The van der Waals surface area contributed by atoms with Crippen LogP contribution in [0.25, 0.3) is 0 Å². The van der Waals surface area contributed by atoms with Crippen LogP contribution in [0.5, 0.6) is 0 Å². The van der Waals surface area contributed by atoms with E-state index in [1.807, 2.05) is 0 Å². The van der Waals surface area contributed by atoms with Gasteiger partial charge in [-0.2, -0.15) is 0 Å². The second kappa shape index (κ2) is 9.46. The quantitative estimate of drug-likeness (QED) is 0.668. The van der Waals surface area contributed by atoms with Crippen LogP contribution in [0.1, 0.15) is 70.3 Å². The predicted octanol–water partition coefficient (Wildman–Crippen LogP) is 4.20. The lowest BCUT2D eigenvalue weighted by Gasteiger charge is -2.43. The van der Waals surface area contributed by atoms with Gasteiger partial charge in [-0.25, -0.2) is 0 Å². The fourth-order valence-corrected chi connectivity index (χ4v) is 5.04. The highest BCUT2D eigenvalue weighted by atomic mass is 16.5. The molecule has 0 aromatic heterocycles. The van der Waals surface area contributed by atoms with E-state index in [9.17, 15) is 14.7 Å². The van der Waals surface area contributed by atoms with Crippen molar-refractivity contribution in [2.45, 2.75) is 84.5 Å². The summed E-state index contributed by atoms with van der Waals surface area (Å²) in [5, 5.41) is 9.91. The molecule has 1 aliphatic heterocycles. The highest BCUT2D eigenvalue weighted by Crippen LogP contribution is 2.45. The third-order valence-electron chi connectivity index (χ3n) is 6.61. The van der Waals surface area contributed by atoms with Gasteiger partial charge in [-0.15, -0.1) is 0 Å². The molecular formula is C24H36O5. The average Bonchev–Trinajstić information content (AvgIpc) is 2.66. The Bertz CT molecular complexity index is 759. The number of aliphatic hydroxyl groups is 1. The molecule has 1 heterocycles. The molecule has 1 unspecified atom stereocenters. The predicted molar refractivity (Wildman–Crippen MR) is 111 cm³/mol. The number of esters is 2. The number of cyclic esters (lactones) is 1. The van der Waals surface area contributed by atoms with Gasteiger partial charge in [-0.3, -0.25) is 9.59 Å². The van der Waals surface area contributed by atoms with Crippen LogP contribution in [0.4, 0.5) is 0 Å². The number of carbonyl (C=O) groups excluding carboxylic acids is 2. The number of aliphatic hydroxyl groups excluding tert-OH is 1. The number of allylic oxidation sites excluding steroid dienone is 3. The van der Waals surface area contributed by atoms with Crippen molar-refractivity contribution in [2.24, 2.45) is 29.6 Å². The molecule has 5 nitrogen and oxygen atoms in total. The molecule has 1 fully saturated rings. The smallest absolute Gasteiger partial charge is 0.308 e. The Labute approximate surface area is 178 Å². The van der Waals surface area contributed by atoms with Crippen molar-refractivity contribution in [3.8, 4) is 0 Å². The van der Waals surface area contributed by atoms with Crippen molar-refractivity contribution in [1.29, 1.82) is 0 Å². The van der Waals surface area contributed by atoms with Gasteiger partial charge in [0.1, 0.15) is 12.2 Å². The summed E-state index contributed by atoms with van der Waals surface area (Å²) in [6.07, 6.45) is 7.91. The first-order valence-corrected chi connectivity index (χ1v) is 11.0. The summed E-state index contributed by atoms with van der Waals surface area (Å²) in [4.78, 5) is 24.5. The highest BCUT2D eigenvalue weighted by Gasteiger charge is 2.42. The summed E-state index contributed by atoms with van der Waals surface area (Å²) < 4.78 is 34.4. The van der Waals surface area contributed by atoms with Crippen LogP contribution in [0.15, 0.2) is 23.8 Å². The number of rotatable bonds is 6. The first kappa shape index (κ1) is 18.2. The Morgan fingerprint density at radius 2 is 2.17 bits per heavy atom. The van der Waals surface area contributed by atoms with E-state index in [4.69, 9.17) is 13.6 Å². The molecule has 1 saturated heterocycles. The molecule has 5 heteroatoms. The van der Waals surface area contributed by atoms with E-state index in [0.717, 1.165) is 12.0 Å². The van der Waals surface area contributed by atoms with Crippen molar-refractivity contribution in [1.82, 2.24) is 0 Å². The normalized spacial score (nSPS) is 39.9. The summed E-state index contributed by atoms with van der Waals surface area (Å²) in [5.74, 6) is -1.52. The maximum atomic E-state index is 12.8. The maximum absolute atomic E-state index is 12.8. The molecule has 3 aliphatic rings. The second-order valence-electron chi connectivity index (χ2n) is 9.01. The van der Waals surface area contributed by atoms with Gasteiger partial charge in [-0.1, -0.05) is 45.9 Å². The zero-order valence-electron chi connectivity index (χ0n) is 20.7. The van der Waals surface area contributed by atoms with Gasteiger partial charge in [0.15, 0.2) is 0 Å². The lowest BCUT2D eigenvalue weighted by atomic mass is 9.65. The Morgan fingerprint density at radius 1 is 1.38 bits per heavy atom. The summed E-state index contributed by atoms with van der Waals surface area (Å²) >= 11 is 0. The summed E-state index contributed by atoms with van der Waals surface area (Å²) in [6, 6.07) is 0. The molecule has 1 N–H and O–H groups in total. The highest BCUT2D eigenvalue weighted by molar-refractivity contribution is 5.72. The Kier molecular flexibility index (Phi) is 5.93. The number of ether oxygens (including phenoxy) is 2. The van der Waals surface area contributed by atoms with Gasteiger partial charge in [-0.05, 0) is 49.0 Å². The molecule has 0 amide bonds. The van der Waals surface area contributed by atoms with E-state index in [0.29, 0.717) is 19.3 Å². The largest absolute Gasteiger partial charge is 0.462 e. The lowest BCUT2D eigenvalue weighted by molar-refractivity contribution is -0.162. The molecular weight excluding hydrogens is 368 g/mol. The van der Waals surface area contributed by atoms with Gasteiger partial charge in [0, 0.05) is 16.5 Å². The third-order valence-corrected chi connectivity index (χ3v) is 6.61. The van der Waals surface area contributed by atoms with Crippen LogP contribution in [0.2, 0.25) is 0 Å². The minimum Gasteiger partial charge on any atom is -0.462 e. The number of hydrogen-bond donors (Lipinski definition) is 1. The molecule has 0 bridgehead atoms. The Balaban J connectivity index is 1.77. The van der Waals surface area contributed by atoms with Crippen LogP contribution >= 0.6 is 0 Å². The van der Waals surface area contributed by atoms with E-state index in [1.165, 1.54) is 0 Å². The number of hydrogen-bond acceptors (Lipinski definition) is 5. The Hall–Kier alpha value is -1.62. The van der Waals surface area contributed by atoms with E-state index in [1.54, 1.807) is 6.92 Å². The maximum Gasteiger partial charge on any atom is 0.308 e. The second-order valence-corrected chi connectivity index (χ2v) is 9.01. The molecule has 0 aromatic carbocycles.